The monoisotopic (exact) mass is 377 g/mol. The Bertz CT molecular complexity index is 665. The first-order chi connectivity index (χ1) is 10.7. The van der Waals surface area contributed by atoms with Crippen molar-refractivity contribution in [2.75, 3.05) is 33.2 Å². The smallest absolute Gasteiger partial charge is 0.0834 e. The van der Waals surface area contributed by atoms with Crippen LogP contribution in [0.25, 0.3) is 6.20 Å². The predicted molar refractivity (Wildman–Crippen MR) is 97.1 cm³/mol. The molecule has 0 aromatic carbocycles. The van der Waals surface area contributed by atoms with Crippen molar-refractivity contribution in [2.24, 2.45) is 0 Å². The molecule has 3 nitrogen and oxygen atoms in total. The molecule has 22 heavy (non-hydrogen) atoms. The Morgan fingerprint density at radius 1 is 1.23 bits per heavy atom. The highest BCUT2D eigenvalue weighted by atomic mass is 79.9. The summed E-state index contributed by atoms with van der Waals surface area (Å²) in [5.74, 6) is 0. The lowest BCUT2D eigenvalue weighted by atomic mass is 10.0. The number of piperazine rings is 1. The van der Waals surface area contributed by atoms with Crippen molar-refractivity contribution in [1.82, 2.24) is 14.4 Å². The van der Waals surface area contributed by atoms with Gasteiger partial charge >= 0.3 is 0 Å². The summed E-state index contributed by atoms with van der Waals surface area (Å²) in [6.45, 7) is 4.67. The summed E-state index contributed by atoms with van der Waals surface area (Å²) >= 11 is 5.72. The van der Waals surface area contributed by atoms with Crippen LogP contribution in [0.1, 0.15) is 6.42 Å². The molecule has 116 valence electrons. The molecule has 1 aliphatic carbocycles. The van der Waals surface area contributed by atoms with E-state index in [0.29, 0.717) is 6.04 Å². The number of allylic oxidation sites excluding steroid dienone is 3. The Labute approximate surface area is 144 Å². The summed E-state index contributed by atoms with van der Waals surface area (Å²) in [6, 6.07) is 4.83. The molecule has 0 radical (unpaired) electrons. The predicted octanol–water partition coefficient (Wildman–Crippen LogP) is 3.62. The second-order valence-electron chi connectivity index (χ2n) is 6.13. The van der Waals surface area contributed by atoms with Crippen LogP contribution < -0.4 is 0 Å². The highest BCUT2D eigenvalue weighted by Gasteiger charge is 2.28. The fourth-order valence-electron chi connectivity index (χ4n) is 3.28. The number of likely N-dealkylation sites (N-methyl/N-ethyl adjacent to an activating group) is 1. The van der Waals surface area contributed by atoms with E-state index in [0.717, 1.165) is 19.5 Å². The van der Waals surface area contributed by atoms with Crippen LogP contribution in [0.2, 0.25) is 0 Å². The van der Waals surface area contributed by atoms with Crippen LogP contribution in [0, 0.1) is 0 Å². The Kier molecular flexibility index (Phi) is 4.07. The van der Waals surface area contributed by atoms with Crippen LogP contribution in [0.3, 0.4) is 0 Å². The maximum absolute atomic E-state index is 3.81. The van der Waals surface area contributed by atoms with E-state index in [-0.39, 0.29) is 0 Å². The second kappa shape index (κ2) is 6.04. The maximum Gasteiger partial charge on any atom is 0.0834 e. The van der Waals surface area contributed by atoms with Gasteiger partial charge in [-0.3, -0.25) is 4.90 Å². The molecular weight excluding hydrogens is 358 g/mol. The van der Waals surface area contributed by atoms with Crippen molar-refractivity contribution >= 4 is 33.9 Å². The zero-order valence-corrected chi connectivity index (χ0v) is 15.1. The Morgan fingerprint density at radius 2 is 2.05 bits per heavy atom. The number of aromatic nitrogens is 1. The Morgan fingerprint density at radius 3 is 2.86 bits per heavy atom. The van der Waals surface area contributed by atoms with E-state index in [1.54, 1.807) is 0 Å². The van der Waals surface area contributed by atoms with Gasteiger partial charge in [0.05, 0.1) is 5.03 Å². The van der Waals surface area contributed by atoms with Gasteiger partial charge in [-0.2, -0.15) is 0 Å². The van der Waals surface area contributed by atoms with Crippen molar-refractivity contribution in [2.45, 2.75) is 17.5 Å². The summed E-state index contributed by atoms with van der Waals surface area (Å²) in [4.78, 5) is 6.52. The van der Waals surface area contributed by atoms with Gasteiger partial charge < -0.3 is 9.47 Å². The molecule has 4 rings (SSSR count). The highest BCUT2D eigenvalue weighted by Crippen LogP contribution is 2.43. The molecule has 0 saturated carbocycles. The molecule has 1 saturated heterocycles. The SMILES string of the molecule is CN1CCN(C2C=C(Br)C3=C(C2)Sc2cccn2C=C3)CC1. The van der Waals surface area contributed by atoms with Crippen LogP contribution in [-0.2, 0) is 0 Å². The van der Waals surface area contributed by atoms with E-state index in [4.69, 9.17) is 0 Å². The Hall–Kier alpha value is -0.750. The first-order valence-corrected chi connectivity index (χ1v) is 9.38. The van der Waals surface area contributed by atoms with Crippen LogP contribution in [0.4, 0.5) is 0 Å². The third-order valence-corrected chi connectivity index (χ3v) is 6.55. The lowest BCUT2D eigenvalue weighted by Crippen LogP contribution is -2.48. The average molecular weight is 378 g/mol. The Balaban J connectivity index is 1.58. The topological polar surface area (TPSA) is 11.4 Å². The third kappa shape index (κ3) is 2.75. The van der Waals surface area contributed by atoms with Gasteiger partial charge in [-0.25, -0.2) is 0 Å². The van der Waals surface area contributed by atoms with Crippen LogP contribution in [0.5, 0.6) is 0 Å². The molecule has 0 N–H and O–H groups in total. The van der Waals surface area contributed by atoms with Crippen molar-refractivity contribution < 1.29 is 0 Å². The minimum absolute atomic E-state index is 0.518. The summed E-state index contributed by atoms with van der Waals surface area (Å²) in [5.41, 5.74) is 1.35. The molecule has 5 heteroatoms. The average Bonchev–Trinajstić information content (AvgIpc) is 2.87. The largest absolute Gasteiger partial charge is 0.318 e. The van der Waals surface area contributed by atoms with Crippen molar-refractivity contribution in [3.63, 3.8) is 0 Å². The van der Waals surface area contributed by atoms with Gasteiger partial charge in [0.15, 0.2) is 0 Å². The number of halogens is 1. The standard InChI is InChI=1S/C17H20BrN3S/c1-19-7-9-20(10-8-19)13-11-15(18)14-4-6-21-5-2-3-17(21)22-16(14)12-13/h2-6,11,13H,7-10,12H2,1H3. The van der Waals surface area contributed by atoms with Crippen LogP contribution in [-0.4, -0.2) is 53.6 Å². The molecule has 2 aliphatic heterocycles. The quantitative estimate of drug-likeness (QED) is 0.740. The van der Waals surface area contributed by atoms with Crippen molar-refractivity contribution in [3.05, 3.63) is 45.4 Å². The molecular formula is C17H20BrN3S. The molecule has 0 spiro atoms. The van der Waals surface area contributed by atoms with Crippen LogP contribution >= 0.6 is 27.7 Å². The van der Waals surface area contributed by atoms with Gasteiger partial charge in [-0.15, -0.1) is 0 Å². The van der Waals surface area contributed by atoms with Gasteiger partial charge in [0.1, 0.15) is 0 Å². The normalized spacial score (nSPS) is 26.5. The van der Waals surface area contributed by atoms with E-state index >= 15 is 0 Å². The van der Waals surface area contributed by atoms with E-state index in [1.807, 2.05) is 11.8 Å². The molecule has 1 fully saturated rings. The van der Waals surface area contributed by atoms with Crippen molar-refractivity contribution in [1.29, 1.82) is 0 Å². The first kappa shape index (κ1) is 14.8. The fraction of sp³-hybridized carbons (Fsp3) is 0.412. The fourth-order valence-corrected chi connectivity index (χ4v) is 5.25. The van der Waals surface area contributed by atoms with E-state index in [9.17, 15) is 0 Å². The zero-order chi connectivity index (χ0) is 15.1. The molecule has 1 aromatic rings. The minimum atomic E-state index is 0.518. The van der Waals surface area contributed by atoms with E-state index < -0.39 is 0 Å². The second-order valence-corrected chi connectivity index (χ2v) is 8.10. The highest BCUT2D eigenvalue weighted by molar-refractivity contribution is 9.12. The number of rotatable bonds is 1. The molecule has 3 aliphatic rings. The summed E-state index contributed by atoms with van der Waals surface area (Å²) in [6.07, 6.45) is 10.0. The molecule has 1 atom stereocenters. The third-order valence-electron chi connectivity index (χ3n) is 4.67. The van der Waals surface area contributed by atoms with E-state index in [2.05, 4.69) is 74.0 Å². The van der Waals surface area contributed by atoms with Crippen molar-refractivity contribution in [3.8, 4) is 0 Å². The van der Waals surface area contributed by atoms with Gasteiger partial charge in [-0.05, 0) is 37.3 Å². The van der Waals surface area contributed by atoms with E-state index in [1.165, 1.54) is 33.1 Å². The molecule has 0 amide bonds. The first-order valence-electron chi connectivity index (χ1n) is 7.77. The van der Waals surface area contributed by atoms with Gasteiger partial charge in [0, 0.05) is 54.0 Å². The number of nitrogens with zero attached hydrogens (tertiary/aromatic N) is 3. The summed E-state index contributed by atoms with van der Waals surface area (Å²) in [5, 5.41) is 1.31. The molecule has 3 heterocycles. The number of thioether (sulfide) groups is 1. The maximum atomic E-state index is 3.81. The summed E-state index contributed by atoms with van der Waals surface area (Å²) in [7, 11) is 2.21. The molecule has 1 aromatic heterocycles. The number of hydrogen-bond donors (Lipinski definition) is 0. The molecule has 0 bridgehead atoms. The van der Waals surface area contributed by atoms with Crippen LogP contribution in [0.15, 0.2) is 50.5 Å². The summed E-state index contributed by atoms with van der Waals surface area (Å²) < 4.78 is 3.45. The zero-order valence-electron chi connectivity index (χ0n) is 12.7. The van der Waals surface area contributed by atoms with Gasteiger partial charge in [0.2, 0.25) is 0 Å². The number of hydrogen-bond acceptors (Lipinski definition) is 3. The lowest BCUT2D eigenvalue weighted by Gasteiger charge is -2.38. The number of fused-ring (bicyclic) bond motifs is 1. The van der Waals surface area contributed by atoms with Gasteiger partial charge in [0.25, 0.3) is 0 Å². The molecule has 1 unspecified atom stereocenters. The lowest BCUT2D eigenvalue weighted by molar-refractivity contribution is 0.129. The van der Waals surface area contributed by atoms with Gasteiger partial charge in [-0.1, -0.05) is 33.8 Å². The minimum Gasteiger partial charge on any atom is -0.318 e.